The fraction of sp³-hybridized carbons (Fsp3) is 0.391. The monoisotopic (exact) mass is 504 g/mol. The number of nitriles is 1. The van der Waals surface area contributed by atoms with Crippen molar-refractivity contribution in [3.63, 3.8) is 0 Å². The van der Waals surface area contributed by atoms with Gasteiger partial charge in [0.15, 0.2) is 0 Å². The summed E-state index contributed by atoms with van der Waals surface area (Å²) >= 11 is 6.01. The molecule has 0 saturated heterocycles. The minimum absolute atomic E-state index is 0.0219. The van der Waals surface area contributed by atoms with Crippen LogP contribution in [0.5, 0.6) is 0 Å². The molecule has 11 heteroatoms. The van der Waals surface area contributed by atoms with Crippen molar-refractivity contribution in [1.82, 2.24) is 10.3 Å². The third-order valence-electron chi connectivity index (χ3n) is 6.26. The van der Waals surface area contributed by atoms with E-state index in [1.165, 1.54) is 18.3 Å². The number of fused-ring (bicyclic) bond motifs is 1. The molecule has 3 atom stereocenters. The van der Waals surface area contributed by atoms with Crippen molar-refractivity contribution in [2.24, 2.45) is 15.1 Å². The van der Waals surface area contributed by atoms with Crippen molar-refractivity contribution in [1.29, 1.82) is 5.26 Å². The zero-order valence-corrected chi connectivity index (χ0v) is 20.9. The predicted molar refractivity (Wildman–Crippen MR) is 131 cm³/mol. The molecule has 1 aromatic rings. The molecule has 0 radical (unpaired) electrons. The number of aliphatic imine (C=N–C) groups is 1. The first-order chi connectivity index (χ1) is 15.8. The second kappa shape index (κ2) is 8.96. The molecular formula is C23H26ClFN6O2S. The van der Waals surface area contributed by atoms with Crippen LogP contribution in [0, 0.1) is 11.3 Å². The number of hydrogen-bond donors (Lipinski definition) is 2. The molecule has 3 heterocycles. The Labute approximate surface area is 203 Å². The maximum absolute atomic E-state index is 15.2. The number of hydrogen-bond acceptors (Lipinski definition) is 7. The Morgan fingerprint density at radius 3 is 2.74 bits per heavy atom. The molecule has 0 saturated carbocycles. The summed E-state index contributed by atoms with van der Waals surface area (Å²) < 4.78 is 32.4. The number of nitrogens with zero attached hydrogens (tertiary/aromatic N) is 4. The maximum atomic E-state index is 15.2. The highest BCUT2D eigenvalue weighted by molar-refractivity contribution is 7.96. The lowest BCUT2D eigenvalue weighted by Gasteiger charge is -2.44. The van der Waals surface area contributed by atoms with E-state index in [2.05, 4.69) is 26.2 Å². The molecule has 2 aliphatic rings. The summed E-state index contributed by atoms with van der Waals surface area (Å²) in [6.45, 7) is 11.0. The largest absolute Gasteiger partial charge is 0.386 e. The number of carbonyl (C=O) groups is 1. The van der Waals surface area contributed by atoms with Gasteiger partial charge >= 0.3 is 0 Å². The van der Waals surface area contributed by atoms with E-state index in [0.717, 1.165) is 6.08 Å². The Morgan fingerprint density at radius 1 is 1.44 bits per heavy atom. The third kappa shape index (κ3) is 4.14. The average molecular weight is 505 g/mol. The lowest BCUT2D eigenvalue weighted by atomic mass is 9.86. The molecule has 1 aromatic heterocycles. The van der Waals surface area contributed by atoms with Gasteiger partial charge in [-0.3, -0.25) is 9.79 Å². The van der Waals surface area contributed by atoms with Gasteiger partial charge in [0.05, 0.1) is 25.6 Å². The zero-order valence-electron chi connectivity index (χ0n) is 19.4. The van der Waals surface area contributed by atoms with Gasteiger partial charge in [0.2, 0.25) is 0 Å². The second-order valence-corrected chi connectivity index (χ2v) is 12.2. The summed E-state index contributed by atoms with van der Waals surface area (Å²) in [5.41, 5.74) is 5.45. The Hall–Kier alpha value is -3.03. The van der Waals surface area contributed by atoms with Crippen molar-refractivity contribution in [2.45, 2.75) is 49.7 Å². The van der Waals surface area contributed by atoms with Crippen molar-refractivity contribution in [3.8, 4) is 6.07 Å². The molecule has 2 aliphatic heterocycles. The molecule has 0 fully saturated rings. The van der Waals surface area contributed by atoms with Crippen LogP contribution < -0.4 is 11.1 Å². The van der Waals surface area contributed by atoms with Gasteiger partial charge < -0.3 is 11.1 Å². The van der Waals surface area contributed by atoms with E-state index in [-0.39, 0.29) is 27.7 Å². The first kappa shape index (κ1) is 25.6. The summed E-state index contributed by atoms with van der Waals surface area (Å²) in [6, 6.07) is 3.21. The summed E-state index contributed by atoms with van der Waals surface area (Å²) in [4.78, 5) is 20.9. The van der Waals surface area contributed by atoms with Gasteiger partial charge in [0.25, 0.3) is 5.91 Å². The van der Waals surface area contributed by atoms with Gasteiger partial charge in [-0.1, -0.05) is 18.2 Å². The maximum Gasteiger partial charge on any atom is 0.275 e. The number of nitrogens with one attached hydrogen (secondary N) is 1. The number of amides is 1. The van der Waals surface area contributed by atoms with Crippen LogP contribution in [0.2, 0.25) is 5.02 Å². The first-order valence-corrected chi connectivity index (χ1v) is 12.4. The molecule has 8 nitrogen and oxygen atoms in total. The molecule has 0 spiro atoms. The number of carbonyl (C=O) groups excluding carboxylic acids is 1. The molecule has 180 valence electrons. The summed E-state index contributed by atoms with van der Waals surface area (Å²) in [6.07, 6.45) is 4.23. The topological polar surface area (TPSA) is 134 Å². The SMILES string of the molecule is C=C(/C(F)=C\C=C(/C)NC(=O)c1ncc(C#N)cc1Cl)[C@@]1(C)N=C(N)C(C)(C)[S@@]2(=O)=NCC[C@@H]12. The van der Waals surface area contributed by atoms with Crippen molar-refractivity contribution in [3.05, 3.63) is 64.4 Å². The smallest absolute Gasteiger partial charge is 0.275 e. The Balaban J connectivity index is 1.84. The van der Waals surface area contributed by atoms with E-state index >= 15 is 4.39 Å². The van der Waals surface area contributed by atoms with Gasteiger partial charge in [-0.15, -0.1) is 0 Å². The summed E-state index contributed by atoms with van der Waals surface area (Å²) in [5.74, 6) is -1.14. The highest BCUT2D eigenvalue weighted by Gasteiger charge is 2.56. The van der Waals surface area contributed by atoms with Crippen LogP contribution in [0.15, 0.2) is 57.4 Å². The normalized spacial score (nSPS) is 28.3. The lowest BCUT2D eigenvalue weighted by Crippen LogP contribution is -2.60. The number of halogens is 2. The van der Waals surface area contributed by atoms with Crippen LogP contribution in [0.4, 0.5) is 4.39 Å². The van der Waals surface area contributed by atoms with Gasteiger partial charge in [-0.05, 0) is 52.3 Å². The van der Waals surface area contributed by atoms with E-state index in [4.69, 9.17) is 22.6 Å². The summed E-state index contributed by atoms with van der Waals surface area (Å²) in [5, 5.41) is 10.9. The fourth-order valence-electron chi connectivity index (χ4n) is 4.02. The van der Waals surface area contributed by atoms with Crippen LogP contribution in [0.25, 0.3) is 0 Å². The number of aromatic nitrogens is 1. The Kier molecular flexibility index (Phi) is 6.75. The molecule has 1 amide bonds. The van der Waals surface area contributed by atoms with Gasteiger partial charge in [-0.25, -0.2) is 17.9 Å². The van der Waals surface area contributed by atoms with Gasteiger partial charge in [0, 0.05) is 24.0 Å². The molecule has 3 rings (SSSR count). The fourth-order valence-corrected chi connectivity index (χ4v) is 7.45. The Morgan fingerprint density at radius 2 is 2.12 bits per heavy atom. The molecule has 34 heavy (non-hydrogen) atoms. The van der Waals surface area contributed by atoms with E-state index in [9.17, 15) is 9.00 Å². The zero-order chi connectivity index (χ0) is 25.5. The number of pyridine rings is 1. The molecule has 0 aromatic carbocycles. The number of amidine groups is 1. The molecule has 0 aliphatic carbocycles. The first-order valence-electron chi connectivity index (χ1n) is 10.5. The van der Waals surface area contributed by atoms with Gasteiger partial charge in [-0.2, -0.15) is 5.26 Å². The minimum atomic E-state index is -2.79. The van der Waals surface area contributed by atoms with Gasteiger partial charge in [0.1, 0.15) is 33.7 Å². The highest BCUT2D eigenvalue weighted by atomic mass is 35.5. The van der Waals surface area contributed by atoms with Crippen LogP contribution >= 0.6 is 11.6 Å². The number of allylic oxidation sites excluding steroid dienone is 3. The summed E-state index contributed by atoms with van der Waals surface area (Å²) in [7, 11) is -2.79. The second-order valence-electron chi connectivity index (χ2n) is 8.82. The van der Waals surface area contributed by atoms with Crippen molar-refractivity contribution < 1.29 is 13.4 Å². The van der Waals surface area contributed by atoms with E-state index in [0.29, 0.717) is 18.7 Å². The van der Waals surface area contributed by atoms with Crippen LogP contribution in [-0.4, -0.2) is 43.0 Å². The quantitative estimate of drug-likeness (QED) is 0.588. The average Bonchev–Trinajstić information content (AvgIpc) is 3.20. The van der Waals surface area contributed by atoms with Crippen LogP contribution in [0.3, 0.4) is 0 Å². The number of nitrogens with two attached hydrogens (primary N) is 1. The lowest BCUT2D eigenvalue weighted by molar-refractivity contribution is 0.0961. The highest BCUT2D eigenvalue weighted by Crippen LogP contribution is 2.46. The molecule has 0 unspecified atom stereocenters. The molecule has 0 bridgehead atoms. The standard InChI is InChI=1S/C23H26ClFN6O2S/c1-13(30-20(32)19-16(24)10-15(11-26)12-28-19)6-7-17(25)14(2)23(5)18-8-9-29-34(18,33)22(3,4)21(27)31-23/h6-7,10,12,18H,2,8-9H2,1,3-5H3,(H2,27,31)(H,30,32)/b13-6+,17-7+/t18-,23+,34+/m0/s1. The van der Waals surface area contributed by atoms with Crippen LogP contribution in [-0.2, 0) is 9.73 Å². The molecular weight excluding hydrogens is 479 g/mol. The van der Waals surface area contributed by atoms with Crippen molar-refractivity contribution >= 4 is 33.1 Å². The van der Waals surface area contributed by atoms with Crippen LogP contribution in [0.1, 0.15) is 50.2 Å². The Bertz CT molecular complexity index is 1330. The van der Waals surface area contributed by atoms with E-state index in [1.54, 1.807) is 27.7 Å². The molecule has 3 N–H and O–H groups in total. The minimum Gasteiger partial charge on any atom is -0.386 e. The third-order valence-corrected chi connectivity index (χ3v) is 10.3. The van der Waals surface area contributed by atoms with Crippen molar-refractivity contribution in [2.75, 3.05) is 6.54 Å². The number of rotatable bonds is 5. The van der Waals surface area contributed by atoms with E-state index < -0.39 is 37.0 Å². The van der Waals surface area contributed by atoms with E-state index in [1.807, 2.05) is 6.07 Å². The predicted octanol–water partition coefficient (Wildman–Crippen LogP) is 3.80.